The molecule has 0 spiro atoms. The maximum absolute atomic E-state index is 4.47. The lowest BCUT2D eigenvalue weighted by Crippen LogP contribution is -2.48. The van der Waals surface area contributed by atoms with E-state index in [2.05, 4.69) is 39.4 Å². The largest absolute Gasteiger partial charge is 0.355 e. The van der Waals surface area contributed by atoms with Gasteiger partial charge in [0, 0.05) is 50.3 Å². The Balaban J connectivity index is 1.47. The Labute approximate surface area is 132 Å². The third kappa shape index (κ3) is 4.07. The number of aryl methyl sites for hydroxylation is 1. The zero-order valence-corrected chi connectivity index (χ0v) is 13.2. The van der Waals surface area contributed by atoms with E-state index in [4.69, 9.17) is 0 Å². The fourth-order valence-electron chi connectivity index (χ4n) is 3.11. The van der Waals surface area contributed by atoms with Crippen LogP contribution in [0.4, 0.5) is 5.82 Å². The van der Waals surface area contributed by atoms with Gasteiger partial charge in [-0.15, -0.1) is 0 Å². The van der Waals surface area contributed by atoms with E-state index in [-0.39, 0.29) is 0 Å². The van der Waals surface area contributed by atoms with Gasteiger partial charge in [0.25, 0.3) is 0 Å². The molecule has 0 saturated carbocycles. The molecule has 1 aliphatic heterocycles. The summed E-state index contributed by atoms with van der Waals surface area (Å²) in [6.45, 7) is 5.39. The molecule has 22 heavy (non-hydrogen) atoms. The summed E-state index contributed by atoms with van der Waals surface area (Å²) >= 11 is 0. The van der Waals surface area contributed by atoms with Crippen molar-refractivity contribution in [1.82, 2.24) is 20.1 Å². The number of hydrogen-bond donors (Lipinski definition) is 1. The molecule has 2 aromatic heterocycles. The first-order valence-corrected chi connectivity index (χ1v) is 8.21. The number of anilines is 1. The van der Waals surface area contributed by atoms with Crippen LogP contribution in [0.3, 0.4) is 0 Å². The quantitative estimate of drug-likeness (QED) is 0.889. The third-order valence-corrected chi connectivity index (χ3v) is 4.27. The second kappa shape index (κ2) is 7.40. The molecule has 1 saturated heterocycles. The number of aromatic nitrogens is 3. The van der Waals surface area contributed by atoms with Crippen molar-refractivity contribution >= 4 is 5.82 Å². The van der Waals surface area contributed by atoms with Crippen LogP contribution < -0.4 is 10.2 Å². The maximum atomic E-state index is 4.47. The van der Waals surface area contributed by atoms with Crippen molar-refractivity contribution in [2.75, 3.05) is 18.0 Å². The smallest absolute Gasteiger partial charge is 0.128 e. The van der Waals surface area contributed by atoms with Gasteiger partial charge in [-0.25, -0.2) is 4.98 Å². The zero-order valence-electron chi connectivity index (χ0n) is 13.2. The first-order chi connectivity index (χ1) is 10.8. The van der Waals surface area contributed by atoms with Crippen molar-refractivity contribution in [3.05, 3.63) is 42.9 Å². The molecular weight excluding hydrogens is 274 g/mol. The summed E-state index contributed by atoms with van der Waals surface area (Å²) in [5.74, 6) is 1.10. The fourth-order valence-corrected chi connectivity index (χ4v) is 3.11. The number of piperidine rings is 1. The van der Waals surface area contributed by atoms with Crippen LogP contribution in [0, 0.1) is 0 Å². The van der Waals surface area contributed by atoms with Gasteiger partial charge in [0.2, 0.25) is 0 Å². The topological polar surface area (TPSA) is 46.0 Å². The van der Waals surface area contributed by atoms with Crippen LogP contribution in [0.25, 0.3) is 0 Å². The van der Waals surface area contributed by atoms with Crippen LogP contribution >= 0.6 is 0 Å². The average molecular weight is 299 g/mol. The second-order valence-electron chi connectivity index (χ2n) is 6.10. The van der Waals surface area contributed by atoms with E-state index in [1.807, 2.05) is 35.4 Å². The van der Waals surface area contributed by atoms with Gasteiger partial charge in [0.05, 0.1) is 0 Å². The molecule has 2 aromatic rings. The summed E-state index contributed by atoms with van der Waals surface area (Å²) in [4.78, 5) is 6.86. The van der Waals surface area contributed by atoms with Crippen LogP contribution in [0.5, 0.6) is 0 Å². The molecule has 0 amide bonds. The van der Waals surface area contributed by atoms with E-state index in [1.54, 1.807) is 0 Å². The van der Waals surface area contributed by atoms with Gasteiger partial charge in [-0.3, -0.25) is 4.68 Å². The van der Waals surface area contributed by atoms with Gasteiger partial charge < -0.3 is 10.2 Å². The first kappa shape index (κ1) is 15.0. The summed E-state index contributed by atoms with van der Waals surface area (Å²) in [5, 5.41) is 8.03. The van der Waals surface area contributed by atoms with E-state index >= 15 is 0 Å². The Hall–Kier alpha value is -1.88. The number of pyridine rings is 1. The SMILES string of the molecule is C[C@H](CCn1cccn1)N[C@@H]1CCCN(c2ccccn2)C1. The van der Waals surface area contributed by atoms with E-state index in [0.717, 1.165) is 31.9 Å². The van der Waals surface area contributed by atoms with Crippen molar-refractivity contribution in [2.24, 2.45) is 0 Å². The Morgan fingerprint density at radius 1 is 1.32 bits per heavy atom. The molecule has 0 aliphatic carbocycles. The minimum Gasteiger partial charge on any atom is -0.355 e. The van der Waals surface area contributed by atoms with Crippen LogP contribution in [-0.4, -0.2) is 39.9 Å². The first-order valence-electron chi connectivity index (χ1n) is 8.21. The molecule has 3 heterocycles. The minimum absolute atomic E-state index is 0.498. The van der Waals surface area contributed by atoms with Crippen molar-refractivity contribution < 1.29 is 0 Å². The fraction of sp³-hybridized carbons (Fsp3) is 0.529. The lowest BCUT2D eigenvalue weighted by molar-refractivity contribution is 0.360. The van der Waals surface area contributed by atoms with Gasteiger partial charge in [-0.2, -0.15) is 5.10 Å². The van der Waals surface area contributed by atoms with Crippen molar-refractivity contribution in [1.29, 1.82) is 0 Å². The predicted molar refractivity (Wildman–Crippen MR) is 88.9 cm³/mol. The summed E-state index contributed by atoms with van der Waals surface area (Å²) in [6, 6.07) is 9.15. The molecule has 0 bridgehead atoms. The molecular formula is C17H25N5. The normalized spacial score (nSPS) is 20.0. The lowest BCUT2D eigenvalue weighted by Gasteiger charge is -2.35. The van der Waals surface area contributed by atoms with Gasteiger partial charge in [0.1, 0.15) is 5.82 Å². The summed E-state index contributed by atoms with van der Waals surface area (Å²) in [5.41, 5.74) is 0. The van der Waals surface area contributed by atoms with Crippen LogP contribution in [-0.2, 0) is 6.54 Å². The van der Waals surface area contributed by atoms with Crippen LogP contribution in [0.1, 0.15) is 26.2 Å². The Morgan fingerprint density at radius 3 is 3.05 bits per heavy atom. The monoisotopic (exact) mass is 299 g/mol. The predicted octanol–water partition coefficient (Wildman–Crippen LogP) is 2.32. The summed E-state index contributed by atoms with van der Waals surface area (Å²) < 4.78 is 2.00. The molecule has 1 N–H and O–H groups in total. The molecule has 0 radical (unpaired) electrons. The van der Waals surface area contributed by atoms with Crippen molar-refractivity contribution in [3.8, 4) is 0 Å². The third-order valence-electron chi connectivity index (χ3n) is 4.27. The Kier molecular flexibility index (Phi) is 5.06. The van der Waals surface area contributed by atoms with Gasteiger partial charge >= 0.3 is 0 Å². The minimum atomic E-state index is 0.498. The highest BCUT2D eigenvalue weighted by Gasteiger charge is 2.21. The van der Waals surface area contributed by atoms with Crippen molar-refractivity contribution in [2.45, 2.75) is 44.8 Å². The highest BCUT2D eigenvalue weighted by atomic mass is 15.3. The number of rotatable bonds is 6. The van der Waals surface area contributed by atoms with Crippen molar-refractivity contribution in [3.63, 3.8) is 0 Å². The second-order valence-corrected chi connectivity index (χ2v) is 6.10. The number of hydrogen-bond acceptors (Lipinski definition) is 4. The van der Waals surface area contributed by atoms with Crippen LogP contribution in [0.2, 0.25) is 0 Å². The Bertz CT molecular complexity index is 539. The molecule has 0 unspecified atom stereocenters. The summed E-state index contributed by atoms with van der Waals surface area (Å²) in [7, 11) is 0. The zero-order chi connectivity index (χ0) is 15.2. The summed E-state index contributed by atoms with van der Waals surface area (Å²) in [6.07, 6.45) is 9.30. The number of nitrogens with zero attached hydrogens (tertiary/aromatic N) is 4. The highest BCUT2D eigenvalue weighted by molar-refractivity contribution is 5.38. The van der Waals surface area contributed by atoms with Crippen LogP contribution in [0.15, 0.2) is 42.9 Å². The van der Waals surface area contributed by atoms with E-state index in [9.17, 15) is 0 Å². The molecule has 1 fully saturated rings. The van der Waals surface area contributed by atoms with Gasteiger partial charge in [0.15, 0.2) is 0 Å². The molecule has 5 nitrogen and oxygen atoms in total. The van der Waals surface area contributed by atoms with E-state index in [0.29, 0.717) is 12.1 Å². The molecule has 5 heteroatoms. The standard InChI is InChI=1S/C17H25N5/c1-15(8-13-22-12-5-10-19-22)20-16-6-4-11-21(14-16)17-7-2-3-9-18-17/h2-3,5,7,9-10,12,15-16,20H,4,6,8,11,13-14H2,1H3/t15-,16-/m1/s1. The molecule has 118 valence electrons. The molecule has 3 rings (SSSR count). The average Bonchev–Trinajstić information content (AvgIpc) is 3.08. The van der Waals surface area contributed by atoms with E-state index in [1.165, 1.54) is 12.8 Å². The lowest BCUT2D eigenvalue weighted by atomic mass is 10.0. The molecule has 2 atom stereocenters. The van der Waals surface area contributed by atoms with E-state index < -0.39 is 0 Å². The van der Waals surface area contributed by atoms with Gasteiger partial charge in [-0.05, 0) is 44.4 Å². The Morgan fingerprint density at radius 2 is 2.27 bits per heavy atom. The highest BCUT2D eigenvalue weighted by Crippen LogP contribution is 2.17. The van der Waals surface area contributed by atoms with Gasteiger partial charge in [-0.1, -0.05) is 6.07 Å². The molecule has 0 aromatic carbocycles. The number of nitrogens with one attached hydrogen (secondary N) is 1. The maximum Gasteiger partial charge on any atom is 0.128 e. The molecule has 1 aliphatic rings.